The van der Waals surface area contributed by atoms with Crippen LogP contribution in [0.25, 0.3) is 0 Å². The van der Waals surface area contributed by atoms with Crippen LogP contribution in [-0.4, -0.2) is 44.2 Å². The molecule has 0 aromatic carbocycles. The molecule has 6 heteroatoms. The van der Waals surface area contributed by atoms with Crippen LogP contribution in [0.5, 0.6) is 0 Å². The zero-order valence-corrected chi connectivity index (χ0v) is 9.64. The van der Waals surface area contributed by atoms with Gasteiger partial charge in [0.15, 0.2) is 0 Å². The summed E-state index contributed by atoms with van der Waals surface area (Å²) in [6, 6.07) is 0.110. The zero-order valence-electron chi connectivity index (χ0n) is 9.64. The summed E-state index contributed by atoms with van der Waals surface area (Å²) in [5, 5.41) is 11.5. The Morgan fingerprint density at radius 2 is 1.81 bits per heavy atom. The molecular formula is C10H20N4O2. The quantitative estimate of drug-likeness (QED) is 0.474. The van der Waals surface area contributed by atoms with E-state index in [0.29, 0.717) is 13.1 Å². The molecule has 3 amide bonds. The Balaban J connectivity index is 2.03. The Morgan fingerprint density at radius 3 is 2.44 bits per heavy atom. The topological polar surface area (TPSA) is 82.3 Å². The summed E-state index contributed by atoms with van der Waals surface area (Å²) in [6.07, 6.45) is 1.94. The predicted molar refractivity (Wildman–Crippen MR) is 61.1 cm³/mol. The number of carbonyl (C=O) groups is 2. The third kappa shape index (κ3) is 5.55. The second-order valence-corrected chi connectivity index (χ2v) is 3.91. The molecule has 1 rings (SSSR count). The van der Waals surface area contributed by atoms with E-state index in [0.717, 1.165) is 25.9 Å². The molecule has 0 spiro atoms. The second kappa shape index (κ2) is 7.05. The van der Waals surface area contributed by atoms with E-state index in [-0.39, 0.29) is 18.0 Å². The van der Waals surface area contributed by atoms with Crippen molar-refractivity contribution in [2.24, 2.45) is 0 Å². The number of urea groups is 1. The Morgan fingerprint density at radius 1 is 1.19 bits per heavy atom. The minimum Gasteiger partial charge on any atom is -0.355 e. The number of rotatable bonds is 4. The molecule has 1 saturated heterocycles. The van der Waals surface area contributed by atoms with E-state index in [1.807, 2.05) is 0 Å². The normalized spacial score (nSPS) is 16.6. The molecule has 1 aliphatic heterocycles. The summed E-state index contributed by atoms with van der Waals surface area (Å²) in [7, 11) is 0. The van der Waals surface area contributed by atoms with Crippen LogP contribution >= 0.6 is 0 Å². The van der Waals surface area contributed by atoms with E-state index in [4.69, 9.17) is 0 Å². The molecule has 0 radical (unpaired) electrons. The molecule has 0 unspecified atom stereocenters. The van der Waals surface area contributed by atoms with Crippen molar-refractivity contribution in [2.75, 3.05) is 26.2 Å². The maximum atomic E-state index is 11.4. The van der Waals surface area contributed by atoms with E-state index >= 15 is 0 Å². The highest BCUT2D eigenvalue weighted by Crippen LogP contribution is 2.00. The first-order chi connectivity index (χ1) is 7.68. The van der Waals surface area contributed by atoms with Crippen LogP contribution in [0.4, 0.5) is 4.79 Å². The van der Waals surface area contributed by atoms with E-state index < -0.39 is 0 Å². The van der Waals surface area contributed by atoms with Crippen LogP contribution in [-0.2, 0) is 4.79 Å². The molecule has 0 bridgehead atoms. The predicted octanol–water partition coefficient (Wildman–Crippen LogP) is -0.826. The van der Waals surface area contributed by atoms with Crippen molar-refractivity contribution in [3.05, 3.63) is 0 Å². The van der Waals surface area contributed by atoms with Gasteiger partial charge < -0.3 is 21.3 Å². The van der Waals surface area contributed by atoms with Gasteiger partial charge in [-0.2, -0.15) is 0 Å². The van der Waals surface area contributed by atoms with Gasteiger partial charge >= 0.3 is 6.03 Å². The van der Waals surface area contributed by atoms with Crippen molar-refractivity contribution in [1.82, 2.24) is 21.3 Å². The van der Waals surface area contributed by atoms with Gasteiger partial charge in [-0.1, -0.05) is 0 Å². The molecule has 1 aliphatic rings. The van der Waals surface area contributed by atoms with Crippen LogP contribution in [0.3, 0.4) is 0 Å². The lowest BCUT2D eigenvalue weighted by molar-refractivity contribution is -0.118. The standard InChI is InChI=1S/C10H20N4O2/c1-8(15)12-6-7-13-10(16)14-9-2-4-11-5-3-9/h9,11H,2-7H2,1H3,(H,12,15)(H2,13,14,16). The Labute approximate surface area is 95.5 Å². The van der Waals surface area contributed by atoms with Crippen LogP contribution < -0.4 is 21.3 Å². The summed E-state index contributed by atoms with van der Waals surface area (Å²) in [5.74, 6) is -0.0828. The molecule has 16 heavy (non-hydrogen) atoms. The maximum absolute atomic E-state index is 11.4. The Hall–Kier alpha value is -1.30. The first kappa shape index (κ1) is 12.8. The number of carbonyl (C=O) groups excluding carboxylic acids is 2. The largest absolute Gasteiger partial charge is 0.355 e. The Bertz CT molecular complexity index is 239. The fourth-order valence-corrected chi connectivity index (χ4v) is 1.62. The van der Waals surface area contributed by atoms with Crippen molar-refractivity contribution >= 4 is 11.9 Å². The monoisotopic (exact) mass is 228 g/mol. The van der Waals surface area contributed by atoms with Crippen molar-refractivity contribution in [2.45, 2.75) is 25.8 Å². The van der Waals surface area contributed by atoms with Gasteiger partial charge in [0.2, 0.25) is 5.91 Å². The summed E-state index contributed by atoms with van der Waals surface area (Å²) in [5.41, 5.74) is 0. The number of piperidine rings is 1. The first-order valence-corrected chi connectivity index (χ1v) is 5.68. The third-order valence-corrected chi connectivity index (χ3v) is 2.46. The molecule has 1 heterocycles. The van der Waals surface area contributed by atoms with E-state index in [1.165, 1.54) is 6.92 Å². The SMILES string of the molecule is CC(=O)NCCNC(=O)NC1CCNCC1. The molecule has 0 aromatic rings. The second-order valence-electron chi connectivity index (χ2n) is 3.91. The smallest absolute Gasteiger partial charge is 0.315 e. The molecule has 0 atom stereocenters. The number of hydrogen-bond donors (Lipinski definition) is 4. The third-order valence-electron chi connectivity index (χ3n) is 2.46. The van der Waals surface area contributed by atoms with Gasteiger partial charge in [-0.25, -0.2) is 4.79 Å². The lowest BCUT2D eigenvalue weighted by Crippen LogP contribution is -2.48. The zero-order chi connectivity index (χ0) is 11.8. The minimum absolute atomic E-state index is 0.0828. The fourth-order valence-electron chi connectivity index (χ4n) is 1.62. The molecule has 0 aliphatic carbocycles. The van der Waals surface area contributed by atoms with Crippen molar-refractivity contribution < 1.29 is 9.59 Å². The first-order valence-electron chi connectivity index (χ1n) is 5.68. The minimum atomic E-state index is -0.155. The van der Waals surface area contributed by atoms with Gasteiger partial charge in [-0.3, -0.25) is 4.79 Å². The molecule has 1 fully saturated rings. The lowest BCUT2D eigenvalue weighted by Gasteiger charge is -2.23. The average Bonchev–Trinajstić information content (AvgIpc) is 2.25. The fraction of sp³-hybridized carbons (Fsp3) is 0.800. The number of nitrogens with one attached hydrogen (secondary N) is 4. The van der Waals surface area contributed by atoms with Gasteiger partial charge in [-0.15, -0.1) is 0 Å². The average molecular weight is 228 g/mol. The van der Waals surface area contributed by atoms with E-state index in [2.05, 4.69) is 21.3 Å². The highest BCUT2D eigenvalue weighted by Gasteiger charge is 2.14. The van der Waals surface area contributed by atoms with Crippen molar-refractivity contribution in [1.29, 1.82) is 0 Å². The van der Waals surface area contributed by atoms with Crippen LogP contribution in [0.15, 0.2) is 0 Å². The molecule has 4 N–H and O–H groups in total. The van der Waals surface area contributed by atoms with Gasteiger partial charge in [0, 0.05) is 26.1 Å². The summed E-state index contributed by atoms with van der Waals surface area (Å²) >= 11 is 0. The summed E-state index contributed by atoms with van der Waals surface area (Å²) in [6.45, 7) is 4.29. The van der Waals surface area contributed by atoms with Gasteiger partial charge in [0.05, 0.1) is 0 Å². The highest BCUT2D eigenvalue weighted by atomic mass is 16.2. The molecular weight excluding hydrogens is 208 g/mol. The Kier molecular flexibility index (Phi) is 5.63. The van der Waals surface area contributed by atoms with Crippen molar-refractivity contribution in [3.8, 4) is 0 Å². The summed E-state index contributed by atoms with van der Waals surface area (Å²) < 4.78 is 0. The van der Waals surface area contributed by atoms with E-state index in [1.54, 1.807) is 0 Å². The molecule has 92 valence electrons. The number of amides is 3. The van der Waals surface area contributed by atoms with Crippen LogP contribution in [0.1, 0.15) is 19.8 Å². The lowest BCUT2D eigenvalue weighted by atomic mass is 10.1. The summed E-state index contributed by atoms with van der Waals surface area (Å²) in [4.78, 5) is 22.0. The van der Waals surface area contributed by atoms with Gasteiger partial charge in [0.25, 0.3) is 0 Å². The van der Waals surface area contributed by atoms with Crippen molar-refractivity contribution in [3.63, 3.8) is 0 Å². The maximum Gasteiger partial charge on any atom is 0.315 e. The number of hydrogen-bond acceptors (Lipinski definition) is 3. The van der Waals surface area contributed by atoms with Gasteiger partial charge in [-0.05, 0) is 25.9 Å². The van der Waals surface area contributed by atoms with E-state index in [9.17, 15) is 9.59 Å². The molecule has 0 aromatic heterocycles. The molecule has 0 saturated carbocycles. The highest BCUT2D eigenvalue weighted by molar-refractivity contribution is 5.74. The van der Waals surface area contributed by atoms with Crippen LogP contribution in [0, 0.1) is 0 Å². The molecule has 6 nitrogen and oxygen atoms in total. The van der Waals surface area contributed by atoms with Crippen LogP contribution in [0.2, 0.25) is 0 Å². The van der Waals surface area contributed by atoms with Gasteiger partial charge in [0.1, 0.15) is 0 Å².